The summed E-state index contributed by atoms with van der Waals surface area (Å²) in [7, 11) is 0. The number of carboxylic acids is 1. The quantitative estimate of drug-likeness (QED) is 0.765. The summed E-state index contributed by atoms with van der Waals surface area (Å²) in [5.74, 6) is -5.61. The largest absolute Gasteiger partial charge is 0.476 e. The summed E-state index contributed by atoms with van der Waals surface area (Å²) in [4.78, 5) is 10.3. The lowest BCUT2D eigenvalue weighted by molar-refractivity contribution is -0.127. The molecule has 0 saturated heterocycles. The van der Waals surface area contributed by atoms with Crippen LogP contribution in [0.3, 0.4) is 0 Å². The van der Waals surface area contributed by atoms with Crippen LogP contribution in [-0.4, -0.2) is 33.6 Å². The maximum absolute atomic E-state index is 12.5. The Morgan fingerprint density at radius 1 is 1.60 bits per heavy atom. The van der Waals surface area contributed by atoms with Gasteiger partial charge in [-0.2, -0.15) is 13.9 Å². The van der Waals surface area contributed by atoms with Crippen LogP contribution in [-0.2, 0) is 6.42 Å². The number of alkyl halides is 4. The van der Waals surface area contributed by atoms with Crippen molar-refractivity contribution in [2.24, 2.45) is 0 Å². The van der Waals surface area contributed by atoms with Gasteiger partial charge in [0.05, 0.1) is 6.42 Å². The molecular formula is C7H6F4N2O2. The number of H-pyrrole nitrogens is 1. The van der Waals surface area contributed by atoms with Crippen LogP contribution in [0.15, 0.2) is 6.07 Å². The highest BCUT2D eigenvalue weighted by Gasteiger charge is 2.41. The Balaban J connectivity index is 2.77. The van der Waals surface area contributed by atoms with Crippen LogP contribution in [0.2, 0.25) is 0 Å². The summed E-state index contributed by atoms with van der Waals surface area (Å²) in [6.45, 7) is 0. The lowest BCUT2D eigenvalue weighted by atomic mass is 10.2. The van der Waals surface area contributed by atoms with Gasteiger partial charge < -0.3 is 5.11 Å². The van der Waals surface area contributed by atoms with Crippen molar-refractivity contribution < 1.29 is 27.5 Å². The number of aromatic carboxylic acids is 1. The zero-order valence-electron chi connectivity index (χ0n) is 7.18. The maximum Gasteiger partial charge on any atom is 0.356 e. The van der Waals surface area contributed by atoms with E-state index in [2.05, 4.69) is 5.10 Å². The molecule has 0 radical (unpaired) electrons. The minimum absolute atomic E-state index is 0.349. The van der Waals surface area contributed by atoms with Gasteiger partial charge in [0.15, 0.2) is 5.69 Å². The van der Waals surface area contributed by atoms with Gasteiger partial charge in [-0.15, -0.1) is 0 Å². The highest BCUT2D eigenvalue weighted by Crippen LogP contribution is 2.26. The molecule has 0 bridgehead atoms. The fraction of sp³-hybridized carbons (Fsp3) is 0.429. The van der Waals surface area contributed by atoms with Crippen LogP contribution in [0.5, 0.6) is 0 Å². The molecule has 84 valence electrons. The first-order valence-corrected chi connectivity index (χ1v) is 3.76. The van der Waals surface area contributed by atoms with Crippen molar-refractivity contribution in [3.63, 3.8) is 0 Å². The standard InChI is InChI=1S/C7H6F4N2O2/c8-6(9)7(10,11)2-3-1-4(5(14)15)13-12-3/h1,6H,2H2,(H,12,13)(H,14,15). The zero-order valence-corrected chi connectivity index (χ0v) is 7.18. The Kier molecular flexibility index (Phi) is 2.96. The molecule has 1 rings (SSSR count). The second-order valence-electron chi connectivity index (χ2n) is 2.82. The molecular weight excluding hydrogens is 220 g/mol. The van der Waals surface area contributed by atoms with Crippen LogP contribution in [0.4, 0.5) is 17.6 Å². The summed E-state index contributed by atoms with van der Waals surface area (Å²) >= 11 is 0. The highest BCUT2D eigenvalue weighted by molar-refractivity contribution is 5.85. The molecule has 8 heteroatoms. The summed E-state index contributed by atoms with van der Waals surface area (Å²) in [5.41, 5.74) is -0.840. The average molecular weight is 226 g/mol. The van der Waals surface area contributed by atoms with E-state index in [0.717, 1.165) is 6.07 Å². The third-order valence-electron chi connectivity index (χ3n) is 1.60. The van der Waals surface area contributed by atoms with Gasteiger partial charge in [0.2, 0.25) is 0 Å². The molecule has 0 atom stereocenters. The monoisotopic (exact) mass is 226 g/mol. The van der Waals surface area contributed by atoms with E-state index in [1.165, 1.54) is 0 Å². The third kappa shape index (κ3) is 2.67. The molecule has 0 aromatic carbocycles. The molecule has 1 heterocycles. The molecule has 0 spiro atoms. The molecule has 0 fully saturated rings. The number of nitrogens with zero attached hydrogens (tertiary/aromatic N) is 1. The van der Waals surface area contributed by atoms with Gasteiger partial charge in [0.1, 0.15) is 0 Å². The van der Waals surface area contributed by atoms with Crippen LogP contribution < -0.4 is 0 Å². The van der Waals surface area contributed by atoms with Gasteiger partial charge in [0.25, 0.3) is 0 Å². The molecule has 2 N–H and O–H groups in total. The van der Waals surface area contributed by atoms with Crippen LogP contribution in [0.1, 0.15) is 16.2 Å². The Morgan fingerprint density at radius 2 is 2.20 bits per heavy atom. The molecule has 0 saturated carbocycles. The topological polar surface area (TPSA) is 66.0 Å². The summed E-state index contributed by atoms with van der Waals surface area (Å²) in [6, 6.07) is 0.790. The van der Waals surface area contributed by atoms with Gasteiger partial charge in [-0.1, -0.05) is 0 Å². The minimum Gasteiger partial charge on any atom is -0.476 e. The molecule has 0 aliphatic carbocycles. The third-order valence-corrected chi connectivity index (χ3v) is 1.60. The van der Waals surface area contributed by atoms with Crippen molar-refractivity contribution in [1.29, 1.82) is 0 Å². The van der Waals surface area contributed by atoms with Gasteiger partial charge >= 0.3 is 18.3 Å². The molecule has 1 aromatic heterocycles. The Morgan fingerprint density at radius 3 is 2.60 bits per heavy atom. The number of hydrogen-bond acceptors (Lipinski definition) is 2. The Hall–Kier alpha value is -1.60. The van der Waals surface area contributed by atoms with Crippen molar-refractivity contribution in [2.45, 2.75) is 18.8 Å². The number of carbonyl (C=O) groups is 1. The molecule has 0 aliphatic heterocycles. The Bertz CT molecular complexity index is 364. The van der Waals surface area contributed by atoms with Crippen LogP contribution in [0, 0.1) is 0 Å². The predicted molar refractivity (Wildman–Crippen MR) is 40.2 cm³/mol. The van der Waals surface area contributed by atoms with E-state index in [0.29, 0.717) is 0 Å². The van der Waals surface area contributed by atoms with E-state index in [4.69, 9.17) is 5.11 Å². The van der Waals surface area contributed by atoms with Gasteiger partial charge in [-0.3, -0.25) is 5.10 Å². The number of halogens is 4. The van der Waals surface area contributed by atoms with E-state index in [-0.39, 0.29) is 5.69 Å². The van der Waals surface area contributed by atoms with Crippen molar-refractivity contribution in [3.8, 4) is 0 Å². The van der Waals surface area contributed by atoms with E-state index >= 15 is 0 Å². The zero-order chi connectivity index (χ0) is 11.6. The van der Waals surface area contributed by atoms with Crippen molar-refractivity contribution in [3.05, 3.63) is 17.5 Å². The lowest BCUT2D eigenvalue weighted by Gasteiger charge is -2.13. The molecule has 4 nitrogen and oxygen atoms in total. The van der Waals surface area contributed by atoms with Crippen LogP contribution in [0.25, 0.3) is 0 Å². The SMILES string of the molecule is O=C(O)c1cc(CC(F)(F)C(F)F)[nH]n1. The number of nitrogens with one attached hydrogen (secondary N) is 1. The summed E-state index contributed by atoms with van der Waals surface area (Å²) in [5, 5.41) is 13.5. The van der Waals surface area contributed by atoms with E-state index in [1.54, 1.807) is 0 Å². The van der Waals surface area contributed by atoms with E-state index < -0.39 is 30.4 Å². The first-order valence-electron chi connectivity index (χ1n) is 3.76. The fourth-order valence-electron chi connectivity index (χ4n) is 0.893. The average Bonchev–Trinajstić information content (AvgIpc) is 2.51. The number of rotatable bonds is 4. The predicted octanol–water partition coefficient (Wildman–Crippen LogP) is 1.55. The molecule has 0 amide bonds. The normalized spacial score (nSPS) is 12.1. The number of aromatic nitrogens is 2. The van der Waals surface area contributed by atoms with E-state index in [9.17, 15) is 22.4 Å². The highest BCUT2D eigenvalue weighted by atomic mass is 19.3. The van der Waals surface area contributed by atoms with Crippen molar-refractivity contribution in [2.75, 3.05) is 0 Å². The molecule has 0 unspecified atom stereocenters. The molecule has 15 heavy (non-hydrogen) atoms. The van der Waals surface area contributed by atoms with E-state index in [1.807, 2.05) is 5.10 Å². The van der Waals surface area contributed by atoms with Crippen molar-refractivity contribution in [1.82, 2.24) is 10.2 Å². The minimum atomic E-state index is -4.19. The van der Waals surface area contributed by atoms with Crippen molar-refractivity contribution >= 4 is 5.97 Å². The number of aromatic amines is 1. The maximum atomic E-state index is 12.5. The first kappa shape index (κ1) is 11.5. The Labute approximate surface area is 80.9 Å². The number of carboxylic acid groups (broad SMARTS) is 1. The van der Waals surface area contributed by atoms with Gasteiger partial charge in [0, 0.05) is 5.69 Å². The fourth-order valence-corrected chi connectivity index (χ4v) is 0.893. The van der Waals surface area contributed by atoms with Gasteiger partial charge in [-0.05, 0) is 6.07 Å². The lowest BCUT2D eigenvalue weighted by Crippen LogP contribution is -2.29. The number of hydrogen-bond donors (Lipinski definition) is 2. The second-order valence-corrected chi connectivity index (χ2v) is 2.82. The molecule has 1 aromatic rings. The molecule has 0 aliphatic rings. The smallest absolute Gasteiger partial charge is 0.356 e. The summed E-state index contributed by atoms with van der Waals surface area (Å²) in [6.07, 6.45) is -5.07. The first-order chi connectivity index (χ1) is 6.83. The van der Waals surface area contributed by atoms with Crippen LogP contribution >= 0.6 is 0 Å². The van der Waals surface area contributed by atoms with Gasteiger partial charge in [-0.25, -0.2) is 13.6 Å². The summed E-state index contributed by atoms with van der Waals surface area (Å²) < 4.78 is 48.5. The second kappa shape index (κ2) is 3.87.